The normalized spacial score (nSPS) is 10.3. The van der Waals surface area contributed by atoms with Gasteiger partial charge in [0.15, 0.2) is 0 Å². The minimum atomic E-state index is 0.650. The van der Waals surface area contributed by atoms with Crippen molar-refractivity contribution in [2.24, 2.45) is 0 Å². The van der Waals surface area contributed by atoms with Crippen molar-refractivity contribution in [1.29, 1.82) is 5.26 Å². The molecule has 0 N–H and O–H groups in total. The van der Waals surface area contributed by atoms with Crippen LogP contribution in [0.3, 0.4) is 0 Å². The minimum absolute atomic E-state index is 0.650. The summed E-state index contributed by atoms with van der Waals surface area (Å²) < 4.78 is 5.84. The van der Waals surface area contributed by atoms with Crippen LogP contribution in [0.5, 0.6) is 5.75 Å². The van der Waals surface area contributed by atoms with E-state index in [1.165, 1.54) is 10.8 Å². The first-order chi connectivity index (χ1) is 9.42. The Labute approximate surface area is 118 Å². The Kier molecular flexibility index (Phi) is 5.58. The number of ether oxygens (including phenoxy) is 1. The molecule has 0 bridgehead atoms. The topological polar surface area (TPSA) is 33.0 Å². The monoisotopic (exact) mass is 271 g/mol. The van der Waals surface area contributed by atoms with Crippen molar-refractivity contribution in [1.82, 2.24) is 0 Å². The summed E-state index contributed by atoms with van der Waals surface area (Å²) in [6, 6.07) is 16.6. The van der Waals surface area contributed by atoms with Crippen molar-refractivity contribution in [3.8, 4) is 11.8 Å². The Morgan fingerprint density at radius 2 is 1.89 bits per heavy atom. The molecular weight excluding hydrogens is 254 g/mol. The summed E-state index contributed by atoms with van der Waals surface area (Å²) in [6.45, 7) is 0.714. The first kappa shape index (κ1) is 13.8. The second-order valence-corrected chi connectivity index (χ2v) is 5.42. The number of nitrogens with zero attached hydrogens (tertiary/aromatic N) is 1. The molecule has 0 atom stereocenters. The molecule has 0 radical (unpaired) electrons. The van der Waals surface area contributed by atoms with Crippen LogP contribution in [0, 0.1) is 11.3 Å². The Balaban J connectivity index is 1.80. The largest absolute Gasteiger partial charge is 0.492 e. The van der Waals surface area contributed by atoms with Crippen LogP contribution in [0.15, 0.2) is 42.5 Å². The number of hydrogen-bond acceptors (Lipinski definition) is 3. The van der Waals surface area contributed by atoms with Crippen LogP contribution in [0.2, 0.25) is 0 Å². The van der Waals surface area contributed by atoms with Gasteiger partial charge < -0.3 is 4.74 Å². The quantitative estimate of drug-likeness (QED) is 0.706. The zero-order chi connectivity index (χ0) is 13.3. The highest BCUT2D eigenvalue weighted by Crippen LogP contribution is 2.25. The number of hydrogen-bond donors (Lipinski definition) is 0. The third kappa shape index (κ3) is 4.18. The highest BCUT2D eigenvalue weighted by atomic mass is 32.2. The van der Waals surface area contributed by atoms with Gasteiger partial charge in [-0.3, -0.25) is 0 Å². The first-order valence-electron chi connectivity index (χ1n) is 6.47. The Bertz CT molecular complexity index is 557. The van der Waals surface area contributed by atoms with Crippen LogP contribution in [0.4, 0.5) is 0 Å². The lowest BCUT2D eigenvalue weighted by atomic mass is 10.1. The van der Waals surface area contributed by atoms with Gasteiger partial charge in [-0.25, -0.2) is 0 Å². The predicted octanol–water partition coefficient (Wildman–Crippen LogP) is 4.26. The molecule has 19 heavy (non-hydrogen) atoms. The van der Waals surface area contributed by atoms with Gasteiger partial charge in [0.25, 0.3) is 0 Å². The van der Waals surface area contributed by atoms with Gasteiger partial charge in [0, 0.05) is 17.6 Å². The van der Waals surface area contributed by atoms with Crippen LogP contribution >= 0.6 is 11.8 Å². The first-order valence-corrected chi connectivity index (χ1v) is 7.62. The van der Waals surface area contributed by atoms with Crippen LogP contribution < -0.4 is 4.74 Å². The van der Waals surface area contributed by atoms with Crippen LogP contribution in [-0.2, 0) is 0 Å². The maximum atomic E-state index is 8.43. The highest BCUT2D eigenvalue weighted by molar-refractivity contribution is 7.99. The molecule has 0 aromatic heterocycles. The Morgan fingerprint density at radius 1 is 1.05 bits per heavy atom. The van der Waals surface area contributed by atoms with Crippen molar-refractivity contribution < 1.29 is 4.74 Å². The molecule has 2 aromatic rings. The van der Waals surface area contributed by atoms with Crippen molar-refractivity contribution in [2.45, 2.75) is 12.8 Å². The summed E-state index contributed by atoms with van der Waals surface area (Å²) in [4.78, 5) is 0. The predicted molar refractivity (Wildman–Crippen MR) is 81.6 cm³/mol. The number of fused-ring (bicyclic) bond motifs is 1. The number of thioether (sulfide) groups is 1. The fourth-order valence-corrected chi connectivity index (χ4v) is 2.64. The zero-order valence-corrected chi connectivity index (χ0v) is 11.7. The van der Waals surface area contributed by atoms with E-state index in [1.807, 2.05) is 36.0 Å². The average molecular weight is 271 g/mol. The summed E-state index contributed by atoms with van der Waals surface area (Å²) >= 11 is 1.84. The van der Waals surface area contributed by atoms with E-state index in [0.29, 0.717) is 13.0 Å². The third-order valence-electron chi connectivity index (χ3n) is 2.81. The molecule has 0 fully saturated rings. The van der Waals surface area contributed by atoms with Gasteiger partial charge in [0.1, 0.15) is 5.75 Å². The lowest BCUT2D eigenvalue weighted by Gasteiger charge is -2.08. The van der Waals surface area contributed by atoms with Crippen molar-refractivity contribution in [3.63, 3.8) is 0 Å². The summed E-state index contributed by atoms with van der Waals surface area (Å²) in [5, 5.41) is 10.8. The van der Waals surface area contributed by atoms with E-state index >= 15 is 0 Å². The molecule has 0 heterocycles. The van der Waals surface area contributed by atoms with Gasteiger partial charge >= 0.3 is 0 Å². The maximum Gasteiger partial charge on any atom is 0.127 e. The Hall–Kier alpha value is -1.66. The van der Waals surface area contributed by atoms with Gasteiger partial charge in [0.05, 0.1) is 12.7 Å². The van der Waals surface area contributed by atoms with Crippen molar-refractivity contribution in [3.05, 3.63) is 42.5 Å². The number of nitriles is 1. The molecule has 98 valence electrons. The molecule has 3 heteroatoms. The van der Waals surface area contributed by atoms with E-state index in [-0.39, 0.29) is 0 Å². The van der Waals surface area contributed by atoms with Gasteiger partial charge in [0.2, 0.25) is 0 Å². The molecule has 2 nitrogen and oxygen atoms in total. The number of rotatable bonds is 7. The fraction of sp³-hybridized carbons (Fsp3) is 0.312. The summed E-state index contributed by atoms with van der Waals surface area (Å²) in [5.41, 5.74) is 0. The minimum Gasteiger partial charge on any atom is -0.492 e. The van der Waals surface area contributed by atoms with Crippen LogP contribution in [0.25, 0.3) is 10.8 Å². The maximum absolute atomic E-state index is 8.43. The highest BCUT2D eigenvalue weighted by Gasteiger charge is 2.00. The van der Waals surface area contributed by atoms with Gasteiger partial charge in [-0.2, -0.15) is 17.0 Å². The molecule has 0 aliphatic carbocycles. The average Bonchev–Trinajstić information content (AvgIpc) is 2.46. The number of unbranched alkanes of at least 4 members (excludes halogenated alkanes) is 1. The van der Waals surface area contributed by atoms with Crippen LogP contribution in [-0.4, -0.2) is 18.1 Å². The van der Waals surface area contributed by atoms with Gasteiger partial charge in [-0.05, 0) is 23.6 Å². The molecule has 0 spiro atoms. The van der Waals surface area contributed by atoms with E-state index in [1.54, 1.807) is 0 Å². The summed E-state index contributed by atoms with van der Waals surface area (Å²) in [7, 11) is 0. The molecule has 0 saturated heterocycles. The van der Waals surface area contributed by atoms with Gasteiger partial charge in [-0.1, -0.05) is 36.4 Å². The van der Waals surface area contributed by atoms with E-state index in [0.717, 1.165) is 23.7 Å². The number of benzene rings is 2. The van der Waals surface area contributed by atoms with Crippen molar-refractivity contribution >= 4 is 22.5 Å². The SMILES string of the molecule is N#CCCCSCCOc1cccc2ccccc12. The molecule has 0 aliphatic rings. The van der Waals surface area contributed by atoms with E-state index in [4.69, 9.17) is 10.00 Å². The standard InChI is InChI=1S/C16H17NOS/c17-10-3-4-12-19-13-11-18-16-9-5-7-14-6-1-2-8-15(14)16/h1-2,5-9H,3-4,11-13H2. The molecule has 0 amide bonds. The second kappa shape index (κ2) is 7.70. The van der Waals surface area contributed by atoms with Crippen LogP contribution in [0.1, 0.15) is 12.8 Å². The molecule has 0 aliphatic heterocycles. The second-order valence-electron chi connectivity index (χ2n) is 4.20. The molecule has 2 rings (SSSR count). The molecule has 0 unspecified atom stereocenters. The molecular formula is C16H17NOS. The lowest BCUT2D eigenvalue weighted by molar-refractivity contribution is 0.348. The van der Waals surface area contributed by atoms with E-state index in [2.05, 4.69) is 24.3 Å². The van der Waals surface area contributed by atoms with Crippen molar-refractivity contribution in [2.75, 3.05) is 18.1 Å². The third-order valence-corrected chi connectivity index (χ3v) is 3.84. The Morgan fingerprint density at radius 3 is 2.79 bits per heavy atom. The molecule has 0 saturated carbocycles. The summed E-state index contributed by atoms with van der Waals surface area (Å²) in [5.74, 6) is 2.96. The zero-order valence-electron chi connectivity index (χ0n) is 10.8. The molecule has 2 aromatic carbocycles. The van der Waals surface area contributed by atoms with Gasteiger partial charge in [-0.15, -0.1) is 0 Å². The lowest BCUT2D eigenvalue weighted by Crippen LogP contribution is -2.01. The smallest absolute Gasteiger partial charge is 0.127 e. The van der Waals surface area contributed by atoms with E-state index < -0.39 is 0 Å². The summed E-state index contributed by atoms with van der Waals surface area (Å²) in [6.07, 6.45) is 1.62. The van der Waals surface area contributed by atoms with E-state index in [9.17, 15) is 0 Å². The fourth-order valence-electron chi connectivity index (χ4n) is 1.89.